The Morgan fingerprint density at radius 2 is 1.71 bits per heavy atom. The molecule has 5 heteroatoms. The summed E-state index contributed by atoms with van der Waals surface area (Å²) in [7, 11) is 3.31. The van der Waals surface area contributed by atoms with Crippen LogP contribution in [0.1, 0.15) is 5.56 Å². The summed E-state index contributed by atoms with van der Waals surface area (Å²) in [4.78, 5) is 4.65. The van der Waals surface area contributed by atoms with Gasteiger partial charge in [0.15, 0.2) is 11.5 Å². The number of benzene rings is 1. The summed E-state index contributed by atoms with van der Waals surface area (Å²) < 4.78 is 10.6. The van der Waals surface area contributed by atoms with E-state index in [2.05, 4.69) is 21.9 Å². The van der Waals surface area contributed by atoms with Gasteiger partial charge in [0.05, 0.1) is 26.8 Å². The smallest absolute Gasteiger partial charge is 0.160 e. The Kier molecular flexibility index (Phi) is 5.85. The number of nitriles is 1. The van der Waals surface area contributed by atoms with E-state index in [1.54, 1.807) is 14.2 Å². The number of hydrogen-bond donors (Lipinski definition) is 0. The van der Waals surface area contributed by atoms with Gasteiger partial charge in [-0.15, -0.1) is 0 Å². The summed E-state index contributed by atoms with van der Waals surface area (Å²) >= 11 is 0. The first kappa shape index (κ1) is 15.6. The van der Waals surface area contributed by atoms with Crippen LogP contribution in [-0.2, 0) is 6.42 Å². The van der Waals surface area contributed by atoms with E-state index >= 15 is 0 Å². The molecule has 0 radical (unpaired) electrons. The van der Waals surface area contributed by atoms with Gasteiger partial charge in [-0.2, -0.15) is 5.26 Å². The quantitative estimate of drug-likeness (QED) is 0.741. The highest BCUT2D eigenvalue weighted by Crippen LogP contribution is 2.27. The fourth-order valence-corrected chi connectivity index (χ4v) is 2.59. The first-order chi connectivity index (χ1) is 10.3. The number of hydrogen-bond acceptors (Lipinski definition) is 5. The van der Waals surface area contributed by atoms with Gasteiger partial charge in [0.25, 0.3) is 0 Å². The molecule has 1 aromatic carbocycles. The Morgan fingerprint density at radius 1 is 1.05 bits per heavy atom. The topological polar surface area (TPSA) is 48.7 Å². The minimum atomic E-state index is 0.545. The molecule has 0 bridgehead atoms. The molecule has 0 spiro atoms. The Morgan fingerprint density at radius 3 is 2.33 bits per heavy atom. The van der Waals surface area contributed by atoms with E-state index in [-0.39, 0.29) is 0 Å². The van der Waals surface area contributed by atoms with Crippen LogP contribution in [0.2, 0.25) is 0 Å². The van der Waals surface area contributed by atoms with E-state index < -0.39 is 0 Å². The molecule has 0 amide bonds. The predicted molar refractivity (Wildman–Crippen MR) is 81.7 cm³/mol. The summed E-state index contributed by atoms with van der Waals surface area (Å²) in [5, 5.41) is 8.70. The third-order valence-electron chi connectivity index (χ3n) is 3.92. The third kappa shape index (κ3) is 4.35. The second kappa shape index (κ2) is 7.87. The fraction of sp³-hybridized carbons (Fsp3) is 0.562. The lowest BCUT2D eigenvalue weighted by Crippen LogP contribution is -2.46. The second-order valence-corrected chi connectivity index (χ2v) is 5.22. The lowest BCUT2D eigenvalue weighted by molar-refractivity contribution is 0.145. The van der Waals surface area contributed by atoms with E-state index in [4.69, 9.17) is 14.7 Å². The van der Waals surface area contributed by atoms with Crippen molar-refractivity contribution in [2.45, 2.75) is 6.42 Å². The van der Waals surface area contributed by atoms with Crippen molar-refractivity contribution in [1.29, 1.82) is 5.26 Å². The molecule has 5 nitrogen and oxygen atoms in total. The summed E-state index contributed by atoms with van der Waals surface area (Å²) in [6, 6.07) is 8.31. The van der Waals surface area contributed by atoms with Crippen molar-refractivity contribution in [2.75, 3.05) is 53.5 Å². The van der Waals surface area contributed by atoms with Gasteiger partial charge in [0.1, 0.15) is 0 Å². The normalized spacial score (nSPS) is 16.4. The van der Waals surface area contributed by atoms with Gasteiger partial charge in [-0.1, -0.05) is 6.07 Å². The zero-order valence-electron chi connectivity index (χ0n) is 12.8. The summed E-state index contributed by atoms with van der Waals surface area (Å²) in [5.74, 6) is 1.56. The van der Waals surface area contributed by atoms with Crippen molar-refractivity contribution in [3.8, 4) is 17.6 Å². The van der Waals surface area contributed by atoms with Crippen LogP contribution in [-0.4, -0.2) is 63.3 Å². The molecular formula is C16H23N3O2. The highest BCUT2D eigenvalue weighted by Gasteiger charge is 2.16. The average Bonchev–Trinajstić information content (AvgIpc) is 2.54. The molecule has 1 aliphatic rings. The van der Waals surface area contributed by atoms with Gasteiger partial charge in [-0.25, -0.2) is 0 Å². The van der Waals surface area contributed by atoms with Crippen LogP contribution in [0.3, 0.4) is 0 Å². The molecule has 1 aromatic rings. The van der Waals surface area contributed by atoms with Crippen molar-refractivity contribution in [3.05, 3.63) is 23.8 Å². The van der Waals surface area contributed by atoms with Gasteiger partial charge in [0.2, 0.25) is 0 Å². The third-order valence-corrected chi connectivity index (χ3v) is 3.92. The molecule has 21 heavy (non-hydrogen) atoms. The monoisotopic (exact) mass is 289 g/mol. The zero-order valence-corrected chi connectivity index (χ0v) is 12.8. The van der Waals surface area contributed by atoms with Crippen LogP contribution >= 0.6 is 0 Å². The van der Waals surface area contributed by atoms with Crippen LogP contribution in [0.5, 0.6) is 11.5 Å². The van der Waals surface area contributed by atoms with Gasteiger partial charge < -0.3 is 14.4 Å². The Hall–Kier alpha value is -1.77. The minimum Gasteiger partial charge on any atom is -0.493 e. The molecule has 1 aliphatic heterocycles. The minimum absolute atomic E-state index is 0.545. The Bertz CT molecular complexity index is 491. The molecule has 0 atom stereocenters. The fourth-order valence-electron chi connectivity index (χ4n) is 2.59. The standard InChI is InChI=1S/C16H23N3O2/c1-20-15-4-3-14(13-16(15)21-2)5-7-18-9-11-19(8-6-17)12-10-18/h3-4,13H,5,7-12H2,1-2H3. The number of nitrogens with zero attached hydrogens (tertiary/aromatic N) is 3. The van der Waals surface area contributed by atoms with E-state index in [1.165, 1.54) is 5.56 Å². The van der Waals surface area contributed by atoms with Crippen molar-refractivity contribution in [1.82, 2.24) is 9.80 Å². The summed E-state index contributed by atoms with van der Waals surface area (Å²) in [6.45, 7) is 5.63. The van der Waals surface area contributed by atoms with Crippen LogP contribution in [0.25, 0.3) is 0 Å². The largest absolute Gasteiger partial charge is 0.493 e. The Balaban J connectivity index is 1.83. The number of methoxy groups -OCH3 is 2. The van der Waals surface area contributed by atoms with Gasteiger partial charge in [-0.3, -0.25) is 4.90 Å². The highest BCUT2D eigenvalue weighted by atomic mass is 16.5. The van der Waals surface area contributed by atoms with E-state index in [9.17, 15) is 0 Å². The molecule has 1 saturated heterocycles. The lowest BCUT2D eigenvalue weighted by atomic mass is 10.1. The van der Waals surface area contributed by atoms with E-state index in [0.717, 1.165) is 50.6 Å². The average molecular weight is 289 g/mol. The molecule has 0 unspecified atom stereocenters. The SMILES string of the molecule is COc1ccc(CCN2CCN(CC#N)CC2)cc1OC. The molecule has 0 aliphatic carbocycles. The predicted octanol–water partition coefficient (Wildman–Crippen LogP) is 1.39. The Labute approximate surface area is 126 Å². The van der Waals surface area contributed by atoms with Crippen LogP contribution in [0, 0.1) is 11.3 Å². The molecule has 0 N–H and O–H groups in total. The molecule has 0 saturated carbocycles. The maximum Gasteiger partial charge on any atom is 0.160 e. The van der Waals surface area contributed by atoms with Crippen LogP contribution < -0.4 is 9.47 Å². The van der Waals surface area contributed by atoms with E-state index in [1.807, 2.05) is 12.1 Å². The molecule has 2 rings (SSSR count). The highest BCUT2D eigenvalue weighted by molar-refractivity contribution is 5.42. The zero-order chi connectivity index (χ0) is 15.1. The number of rotatable bonds is 6. The molecule has 0 aromatic heterocycles. The molecule has 1 heterocycles. The molecule has 114 valence electrons. The second-order valence-electron chi connectivity index (χ2n) is 5.22. The van der Waals surface area contributed by atoms with Crippen molar-refractivity contribution < 1.29 is 9.47 Å². The maximum atomic E-state index is 8.70. The first-order valence-electron chi connectivity index (χ1n) is 7.29. The molecule has 1 fully saturated rings. The summed E-state index contributed by atoms with van der Waals surface area (Å²) in [5.41, 5.74) is 1.26. The number of ether oxygens (including phenoxy) is 2. The van der Waals surface area contributed by atoms with E-state index in [0.29, 0.717) is 6.54 Å². The first-order valence-corrected chi connectivity index (χ1v) is 7.29. The van der Waals surface area contributed by atoms with Crippen molar-refractivity contribution in [2.24, 2.45) is 0 Å². The summed E-state index contributed by atoms with van der Waals surface area (Å²) in [6.07, 6.45) is 0.999. The lowest BCUT2D eigenvalue weighted by Gasteiger charge is -2.33. The van der Waals surface area contributed by atoms with Gasteiger partial charge in [-0.05, 0) is 24.1 Å². The van der Waals surface area contributed by atoms with Crippen LogP contribution in [0.15, 0.2) is 18.2 Å². The van der Waals surface area contributed by atoms with Crippen LogP contribution in [0.4, 0.5) is 0 Å². The molecular weight excluding hydrogens is 266 g/mol. The van der Waals surface area contributed by atoms with Gasteiger partial charge >= 0.3 is 0 Å². The number of piperazine rings is 1. The van der Waals surface area contributed by atoms with Gasteiger partial charge in [0, 0.05) is 32.7 Å². The van der Waals surface area contributed by atoms with Crippen molar-refractivity contribution in [3.63, 3.8) is 0 Å². The maximum absolute atomic E-state index is 8.70. The van der Waals surface area contributed by atoms with Crippen molar-refractivity contribution >= 4 is 0 Å².